The van der Waals surface area contributed by atoms with E-state index in [-0.39, 0.29) is 20.7 Å². The summed E-state index contributed by atoms with van der Waals surface area (Å²) in [6.07, 6.45) is -0.0929. The van der Waals surface area contributed by atoms with Crippen LogP contribution < -0.4 is 0 Å². The van der Waals surface area contributed by atoms with Crippen molar-refractivity contribution in [1.82, 2.24) is 0 Å². The highest BCUT2D eigenvalue weighted by molar-refractivity contribution is 6.31. The molecule has 0 bridgehead atoms. The van der Waals surface area contributed by atoms with Crippen LogP contribution in [-0.4, -0.2) is 14.9 Å². The minimum absolute atomic E-state index is 0.0823. The molecule has 1 unspecified atom stereocenters. The molecule has 1 aromatic carbocycles. The maximum atomic E-state index is 13.3. The van der Waals surface area contributed by atoms with Gasteiger partial charge in [-0.2, -0.15) is 13.2 Å². The van der Waals surface area contributed by atoms with Gasteiger partial charge >= 0.3 is 6.18 Å². The average molecular weight is 401 g/mol. The monoisotopic (exact) mass is 400 g/mol. The third-order valence-electron chi connectivity index (χ3n) is 5.06. The Bertz CT molecular complexity index is 629. The molecule has 1 saturated carbocycles. The molecular weight excluding hydrogens is 369 g/mol. The highest BCUT2D eigenvalue weighted by atomic mass is 28.2. The molecule has 2 radical (unpaired) electrons. The van der Waals surface area contributed by atoms with E-state index in [0.717, 1.165) is 44.2 Å². The lowest BCUT2D eigenvalue weighted by Gasteiger charge is -2.35. The standard InChI is InChI=1S/C21H31F3O2Si/c1-19(2,3)27-26-20(4,5)17-13-15(21(22,23)24)11-12-16(17)18(25)14-9-7-6-8-10-14/h11-14,18,25H,6-10H2,1-5H3. The fourth-order valence-electron chi connectivity index (χ4n) is 3.55. The smallest absolute Gasteiger partial charge is 0.408 e. The molecule has 0 aromatic heterocycles. The molecule has 0 heterocycles. The van der Waals surface area contributed by atoms with Crippen LogP contribution in [0.4, 0.5) is 13.2 Å². The number of halogens is 3. The third kappa shape index (κ3) is 6.06. The zero-order valence-corrected chi connectivity index (χ0v) is 17.9. The molecule has 1 aliphatic carbocycles. The van der Waals surface area contributed by atoms with E-state index in [0.29, 0.717) is 11.1 Å². The highest BCUT2D eigenvalue weighted by Crippen LogP contribution is 2.42. The van der Waals surface area contributed by atoms with Gasteiger partial charge in [-0.3, -0.25) is 0 Å². The Kier molecular flexibility index (Phi) is 6.86. The van der Waals surface area contributed by atoms with Crippen LogP contribution in [0.2, 0.25) is 5.04 Å². The lowest BCUT2D eigenvalue weighted by molar-refractivity contribution is -0.137. The molecule has 27 heavy (non-hydrogen) atoms. The lowest BCUT2D eigenvalue weighted by Crippen LogP contribution is -2.30. The molecule has 0 aliphatic heterocycles. The molecule has 0 amide bonds. The fourth-order valence-corrected chi connectivity index (χ4v) is 4.22. The maximum Gasteiger partial charge on any atom is 0.416 e. The molecule has 1 fully saturated rings. The van der Waals surface area contributed by atoms with E-state index in [1.54, 1.807) is 13.8 Å². The van der Waals surface area contributed by atoms with Gasteiger partial charge in [0.2, 0.25) is 9.76 Å². The number of rotatable bonds is 5. The Hall–Kier alpha value is -0.853. The van der Waals surface area contributed by atoms with Crippen LogP contribution in [-0.2, 0) is 16.2 Å². The van der Waals surface area contributed by atoms with Crippen LogP contribution >= 0.6 is 0 Å². The van der Waals surface area contributed by atoms with E-state index in [2.05, 4.69) is 0 Å². The van der Waals surface area contributed by atoms with Gasteiger partial charge in [-0.25, -0.2) is 0 Å². The van der Waals surface area contributed by atoms with Gasteiger partial charge in [0, 0.05) is 0 Å². The summed E-state index contributed by atoms with van der Waals surface area (Å²) in [7, 11) is 0.135. The molecule has 0 spiro atoms. The van der Waals surface area contributed by atoms with E-state index < -0.39 is 23.4 Å². The molecule has 1 aromatic rings. The predicted octanol–water partition coefficient (Wildman–Crippen LogP) is 6.41. The SMILES string of the molecule is CC(C)(C)[Si]OC(C)(C)c1cc(C(F)(F)F)ccc1C(O)C1CCCCC1. The van der Waals surface area contributed by atoms with Crippen molar-refractivity contribution in [2.24, 2.45) is 5.92 Å². The number of aliphatic hydroxyl groups excluding tert-OH is 1. The van der Waals surface area contributed by atoms with Gasteiger partial charge in [0.25, 0.3) is 0 Å². The van der Waals surface area contributed by atoms with Gasteiger partial charge in [-0.05, 0) is 60.9 Å². The average Bonchev–Trinajstić information content (AvgIpc) is 2.58. The van der Waals surface area contributed by atoms with Crippen LogP contribution in [0.3, 0.4) is 0 Å². The summed E-state index contributed by atoms with van der Waals surface area (Å²) < 4.78 is 46.0. The first-order valence-corrected chi connectivity index (χ1v) is 10.6. The van der Waals surface area contributed by atoms with Crippen molar-refractivity contribution >= 4 is 9.76 Å². The summed E-state index contributed by atoms with van der Waals surface area (Å²) in [6.45, 7) is 9.68. The summed E-state index contributed by atoms with van der Waals surface area (Å²) in [5.41, 5.74) is -0.614. The van der Waals surface area contributed by atoms with E-state index in [1.165, 1.54) is 6.07 Å². The normalized spacial score (nSPS) is 18.6. The zero-order valence-electron chi connectivity index (χ0n) is 16.9. The second-order valence-electron chi connectivity index (χ2n) is 9.11. The van der Waals surface area contributed by atoms with Crippen molar-refractivity contribution < 1.29 is 22.7 Å². The van der Waals surface area contributed by atoms with Crippen LogP contribution in [0.25, 0.3) is 0 Å². The summed E-state index contributed by atoms with van der Waals surface area (Å²) in [5, 5.41) is 10.9. The van der Waals surface area contributed by atoms with Gasteiger partial charge in [-0.1, -0.05) is 46.1 Å². The van der Waals surface area contributed by atoms with E-state index in [9.17, 15) is 18.3 Å². The molecule has 1 atom stereocenters. The van der Waals surface area contributed by atoms with E-state index >= 15 is 0 Å². The predicted molar refractivity (Wildman–Crippen MR) is 103 cm³/mol. The van der Waals surface area contributed by atoms with E-state index in [4.69, 9.17) is 4.43 Å². The first-order valence-electron chi connectivity index (χ1n) is 9.66. The van der Waals surface area contributed by atoms with Gasteiger partial charge in [0.15, 0.2) is 0 Å². The molecular formula is C21H31F3O2Si. The van der Waals surface area contributed by atoms with Crippen molar-refractivity contribution in [3.8, 4) is 0 Å². The Morgan fingerprint density at radius 3 is 2.15 bits per heavy atom. The minimum Gasteiger partial charge on any atom is -0.408 e. The summed E-state index contributed by atoms with van der Waals surface area (Å²) >= 11 is 0. The molecule has 0 saturated heterocycles. The van der Waals surface area contributed by atoms with E-state index in [1.807, 2.05) is 20.8 Å². The Morgan fingerprint density at radius 2 is 1.63 bits per heavy atom. The first-order chi connectivity index (χ1) is 12.3. The largest absolute Gasteiger partial charge is 0.416 e. The molecule has 1 aliphatic rings. The number of alkyl halides is 3. The number of aliphatic hydroxyl groups is 1. The highest BCUT2D eigenvalue weighted by Gasteiger charge is 2.36. The van der Waals surface area contributed by atoms with Gasteiger partial charge in [-0.15, -0.1) is 0 Å². The quantitative estimate of drug-likeness (QED) is 0.579. The van der Waals surface area contributed by atoms with Crippen molar-refractivity contribution in [3.05, 3.63) is 34.9 Å². The minimum atomic E-state index is -4.43. The van der Waals surface area contributed by atoms with Crippen molar-refractivity contribution in [2.75, 3.05) is 0 Å². The lowest BCUT2D eigenvalue weighted by atomic mass is 9.79. The topological polar surface area (TPSA) is 29.5 Å². The zero-order chi connectivity index (χ0) is 20.5. The van der Waals surface area contributed by atoms with Crippen molar-refractivity contribution in [3.63, 3.8) is 0 Å². The molecule has 1 N–H and O–H groups in total. The Balaban J connectivity index is 2.43. The number of hydrogen-bond donors (Lipinski definition) is 1. The molecule has 2 rings (SSSR count). The van der Waals surface area contributed by atoms with Crippen molar-refractivity contribution in [2.45, 2.75) is 89.6 Å². The summed E-state index contributed by atoms with van der Waals surface area (Å²) in [4.78, 5) is 0. The molecule has 6 heteroatoms. The van der Waals surface area contributed by atoms with Gasteiger partial charge < -0.3 is 9.53 Å². The number of benzene rings is 1. The second-order valence-corrected chi connectivity index (χ2v) is 11.0. The van der Waals surface area contributed by atoms with Crippen LogP contribution in [0.5, 0.6) is 0 Å². The maximum absolute atomic E-state index is 13.3. The van der Waals surface area contributed by atoms with Gasteiger partial charge in [0.1, 0.15) is 0 Å². The van der Waals surface area contributed by atoms with Gasteiger partial charge in [0.05, 0.1) is 17.3 Å². The summed E-state index contributed by atoms with van der Waals surface area (Å²) in [6, 6.07) is 3.68. The van der Waals surface area contributed by atoms with Crippen LogP contribution in [0.1, 0.15) is 89.5 Å². The number of hydrogen-bond acceptors (Lipinski definition) is 2. The Labute approximate surface area is 163 Å². The fraction of sp³-hybridized carbons (Fsp3) is 0.714. The first kappa shape index (κ1) is 22.4. The third-order valence-corrected chi connectivity index (χ3v) is 6.28. The Morgan fingerprint density at radius 1 is 1.04 bits per heavy atom. The summed E-state index contributed by atoms with van der Waals surface area (Å²) in [5.74, 6) is 0.0927. The van der Waals surface area contributed by atoms with Crippen LogP contribution in [0.15, 0.2) is 18.2 Å². The van der Waals surface area contributed by atoms with Crippen LogP contribution in [0, 0.1) is 5.92 Å². The molecule has 152 valence electrons. The second kappa shape index (κ2) is 8.25. The van der Waals surface area contributed by atoms with Crippen molar-refractivity contribution in [1.29, 1.82) is 0 Å². The molecule has 2 nitrogen and oxygen atoms in total.